The highest BCUT2D eigenvalue weighted by Crippen LogP contribution is 2.23. The van der Waals surface area contributed by atoms with Gasteiger partial charge in [-0.3, -0.25) is 4.79 Å². The van der Waals surface area contributed by atoms with E-state index in [0.717, 1.165) is 43.5 Å². The van der Waals surface area contributed by atoms with Crippen LogP contribution in [0.15, 0.2) is 0 Å². The lowest BCUT2D eigenvalue weighted by Gasteiger charge is -2.36. The minimum atomic E-state index is -0.134. The Morgan fingerprint density at radius 2 is 1.44 bits per heavy atom. The molecule has 0 aromatic heterocycles. The van der Waals surface area contributed by atoms with Crippen molar-refractivity contribution in [2.24, 2.45) is 5.41 Å². The first-order chi connectivity index (χ1) is 7.37. The van der Waals surface area contributed by atoms with Crippen molar-refractivity contribution in [1.29, 1.82) is 0 Å². The van der Waals surface area contributed by atoms with Gasteiger partial charge in [-0.25, -0.2) is 0 Å². The zero-order chi connectivity index (χ0) is 12.8. The van der Waals surface area contributed by atoms with E-state index >= 15 is 0 Å². The molecule has 2 heteroatoms. The second kappa shape index (κ2) is 6.39. The number of hydrogen-bond donors (Lipinski definition) is 0. The molecule has 0 bridgehead atoms. The maximum atomic E-state index is 12.1. The highest BCUT2D eigenvalue weighted by molar-refractivity contribution is 5.84. The number of ketones is 1. The number of carbonyl (C=O) groups excluding carboxylic acids is 1. The number of Topliss-reactive ketones (excluding diaryl/α,β-unsaturated/α-hetero) is 1. The molecule has 96 valence electrons. The Balaban J connectivity index is 4.38. The first-order valence-electron chi connectivity index (χ1n) is 6.75. The van der Waals surface area contributed by atoms with Crippen LogP contribution in [-0.2, 0) is 4.79 Å². The van der Waals surface area contributed by atoms with Crippen LogP contribution in [-0.4, -0.2) is 36.4 Å². The molecule has 0 rings (SSSR count). The van der Waals surface area contributed by atoms with Crippen LogP contribution in [0.25, 0.3) is 0 Å². The first kappa shape index (κ1) is 15.6. The first-order valence-corrected chi connectivity index (χ1v) is 6.75. The van der Waals surface area contributed by atoms with Gasteiger partial charge in [0.25, 0.3) is 0 Å². The molecule has 0 N–H and O–H groups in total. The van der Waals surface area contributed by atoms with E-state index in [1.807, 2.05) is 0 Å². The SMILES string of the molecule is CCC(C)(C)C(=O)CC[N+](CC)(CC)CC. The molecule has 0 aromatic rings. The average molecular weight is 228 g/mol. The van der Waals surface area contributed by atoms with Crippen molar-refractivity contribution in [1.82, 2.24) is 0 Å². The van der Waals surface area contributed by atoms with E-state index < -0.39 is 0 Å². The second-order valence-corrected chi connectivity index (χ2v) is 5.42. The van der Waals surface area contributed by atoms with Gasteiger partial charge >= 0.3 is 0 Å². The van der Waals surface area contributed by atoms with Crippen molar-refractivity contribution in [3.05, 3.63) is 0 Å². The van der Waals surface area contributed by atoms with Crippen molar-refractivity contribution in [3.63, 3.8) is 0 Å². The van der Waals surface area contributed by atoms with Crippen LogP contribution in [0, 0.1) is 5.41 Å². The lowest BCUT2D eigenvalue weighted by atomic mass is 9.83. The number of hydrogen-bond acceptors (Lipinski definition) is 1. The maximum Gasteiger partial charge on any atom is 0.144 e. The van der Waals surface area contributed by atoms with Crippen molar-refractivity contribution in [2.75, 3.05) is 26.2 Å². The van der Waals surface area contributed by atoms with Gasteiger partial charge in [-0.2, -0.15) is 0 Å². The van der Waals surface area contributed by atoms with E-state index in [1.165, 1.54) is 0 Å². The summed E-state index contributed by atoms with van der Waals surface area (Å²) in [7, 11) is 0. The van der Waals surface area contributed by atoms with Crippen molar-refractivity contribution < 1.29 is 9.28 Å². The van der Waals surface area contributed by atoms with Gasteiger partial charge in [0, 0.05) is 5.41 Å². The molecule has 0 aliphatic heterocycles. The molecule has 0 spiro atoms. The van der Waals surface area contributed by atoms with E-state index in [2.05, 4.69) is 41.5 Å². The van der Waals surface area contributed by atoms with Gasteiger partial charge in [0.05, 0.1) is 32.6 Å². The monoisotopic (exact) mass is 228 g/mol. The van der Waals surface area contributed by atoms with Crippen LogP contribution in [0.4, 0.5) is 0 Å². The fourth-order valence-electron chi connectivity index (χ4n) is 2.02. The molecule has 0 aliphatic rings. The zero-order valence-corrected chi connectivity index (χ0v) is 12.1. The van der Waals surface area contributed by atoms with Gasteiger partial charge in [-0.15, -0.1) is 0 Å². The Labute approximate surface area is 102 Å². The van der Waals surface area contributed by atoms with Gasteiger partial charge in [0.2, 0.25) is 0 Å². The summed E-state index contributed by atoms with van der Waals surface area (Å²) in [6.07, 6.45) is 1.67. The van der Waals surface area contributed by atoms with Crippen LogP contribution in [0.5, 0.6) is 0 Å². The third-order valence-electron chi connectivity index (χ3n) is 4.46. The molecule has 0 aromatic carbocycles. The predicted octanol–water partition coefficient (Wildman–Crippen LogP) is 3.26. The summed E-state index contributed by atoms with van der Waals surface area (Å²) in [6.45, 7) is 17.3. The average Bonchev–Trinajstić information content (AvgIpc) is 2.31. The molecule has 0 saturated heterocycles. The van der Waals surface area contributed by atoms with Gasteiger partial charge in [-0.05, 0) is 27.2 Å². The lowest BCUT2D eigenvalue weighted by Crippen LogP contribution is -2.49. The minimum Gasteiger partial charge on any atom is -0.324 e. The molecule has 0 radical (unpaired) electrons. The van der Waals surface area contributed by atoms with Crippen LogP contribution >= 0.6 is 0 Å². The van der Waals surface area contributed by atoms with E-state index in [-0.39, 0.29) is 5.41 Å². The van der Waals surface area contributed by atoms with Crippen LogP contribution in [0.2, 0.25) is 0 Å². The number of nitrogens with zero attached hydrogens (tertiary/aromatic N) is 1. The van der Waals surface area contributed by atoms with Crippen LogP contribution in [0.1, 0.15) is 54.4 Å². The molecule has 16 heavy (non-hydrogen) atoms. The number of rotatable bonds is 8. The Hall–Kier alpha value is -0.370. The molecule has 0 saturated carbocycles. The molecule has 0 fully saturated rings. The van der Waals surface area contributed by atoms with Gasteiger partial charge in [-0.1, -0.05) is 20.8 Å². The summed E-state index contributed by atoms with van der Waals surface area (Å²) >= 11 is 0. The summed E-state index contributed by atoms with van der Waals surface area (Å²) in [5.41, 5.74) is -0.134. The predicted molar refractivity (Wildman–Crippen MR) is 70.4 cm³/mol. The second-order valence-electron chi connectivity index (χ2n) is 5.42. The number of carbonyl (C=O) groups is 1. The molecule has 0 atom stereocenters. The Bertz CT molecular complexity index is 209. The molecule has 2 nitrogen and oxygen atoms in total. The summed E-state index contributed by atoms with van der Waals surface area (Å²) in [6, 6.07) is 0. The summed E-state index contributed by atoms with van der Waals surface area (Å²) in [4.78, 5) is 12.1. The molecular weight excluding hydrogens is 198 g/mol. The molecule has 0 heterocycles. The Kier molecular flexibility index (Phi) is 6.24. The van der Waals surface area contributed by atoms with E-state index in [9.17, 15) is 4.79 Å². The van der Waals surface area contributed by atoms with Gasteiger partial charge < -0.3 is 4.48 Å². The van der Waals surface area contributed by atoms with Crippen LogP contribution in [0.3, 0.4) is 0 Å². The zero-order valence-electron chi connectivity index (χ0n) is 12.1. The summed E-state index contributed by atoms with van der Waals surface area (Å²) in [5.74, 6) is 0.424. The van der Waals surface area contributed by atoms with E-state index in [4.69, 9.17) is 0 Å². The Morgan fingerprint density at radius 3 is 1.75 bits per heavy atom. The smallest absolute Gasteiger partial charge is 0.144 e. The maximum absolute atomic E-state index is 12.1. The summed E-state index contributed by atoms with van der Waals surface area (Å²) in [5, 5.41) is 0. The van der Waals surface area contributed by atoms with Crippen molar-refractivity contribution >= 4 is 5.78 Å². The van der Waals surface area contributed by atoms with Crippen molar-refractivity contribution in [2.45, 2.75) is 54.4 Å². The largest absolute Gasteiger partial charge is 0.324 e. The lowest BCUT2D eigenvalue weighted by molar-refractivity contribution is -0.922. The van der Waals surface area contributed by atoms with Crippen molar-refractivity contribution in [3.8, 4) is 0 Å². The Morgan fingerprint density at radius 1 is 1.00 bits per heavy atom. The van der Waals surface area contributed by atoms with E-state index in [1.54, 1.807) is 0 Å². The van der Waals surface area contributed by atoms with Crippen LogP contribution < -0.4 is 0 Å². The standard InChI is InChI=1S/C14H30NO/c1-7-14(5,6)13(16)11-12-15(8-2,9-3)10-4/h7-12H2,1-6H3/q+1. The fraction of sp³-hybridized carbons (Fsp3) is 0.929. The molecule has 0 aliphatic carbocycles. The topological polar surface area (TPSA) is 17.1 Å². The minimum absolute atomic E-state index is 0.134. The fourth-order valence-corrected chi connectivity index (χ4v) is 2.02. The summed E-state index contributed by atoms with van der Waals surface area (Å²) < 4.78 is 1.07. The van der Waals surface area contributed by atoms with Gasteiger partial charge in [0.15, 0.2) is 0 Å². The highest BCUT2D eigenvalue weighted by atomic mass is 16.1. The highest BCUT2D eigenvalue weighted by Gasteiger charge is 2.28. The quantitative estimate of drug-likeness (QED) is 0.583. The molecule has 0 amide bonds. The third-order valence-corrected chi connectivity index (χ3v) is 4.46. The van der Waals surface area contributed by atoms with E-state index in [0.29, 0.717) is 5.78 Å². The molecular formula is C14H30NO+. The third kappa shape index (κ3) is 3.89. The number of quaternary nitrogens is 1. The molecule has 0 unspecified atom stereocenters. The van der Waals surface area contributed by atoms with Gasteiger partial charge in [0.1, 0.15) is 5.78 Å². The normalized spacial score (nSPS) is 12.9.